The normalized spacial score (nSPS) is 15.6. The zero-order chi connectivity index (χ0) is 18.0. The molecule has 6 heteroatoms. The van der Waals surface area contributed by atoms with Crippen LogP contribution in [0, 0.1) is 29.9 Å². The van der Waals surface area contributed by atoms with Gasteiger partial charge in [0.25, 0.3) is 0 Å². The topological polar surface area (TPSA) is 64.2 Å². The smallest absolute Gasteiger partial charge is 0.333 e. The summed E-state index contributed by atoms with van der Waals surface area (Å²) in [5, 5.41) is 15.6. The van der Waals surface area contributed by atoms with Gasteiger partial charge in [-0.2, -0.15) is 5.10 Å². The minimum Gasteiger partial charge on any atom is -0.351 e. The third-order valence-electron chi connectivity index (χ3n) is 5.22. The highest BCUT2D eigenvalue weighted by Gasteiger charge is 2.30. The van der Waals surface area contributed by atoms with E-state index >= 15 is 0 Å². The van der Waals surface area contributed by atoms with Crippen LogP contribution in [0.3, 0.4) is 0 Å². The maximum absolute atomic E-state index is 11.4. The predicted octanol–water partition coefficient (Wildman–Crippen LogP) is 3.79. The van der Waals surface area contributed by atoms with Gasteiger partial charge in [0.05, 0.1) is 4.92 Å². The van der Waals surface area contributed by atoms with Crippen molar-refractivity contribution in [2.24, 2.45) is 13.0 Å². The molecule has 6 nitrogen and oxygen atoms in total. The lowest BCUT2D eigenvalue weighted by atomic mass is 9.90. The average Bonchev–Trinajstić information content (AvgIpc) is 2.89. The zero-order valence-electron chi connectivity index (χ0n) is 15.2. The summed E-state index contributed by atoms with van der Waals surface area (Å²) in [6, 6.07) is 8.77. The van der Waals surface area contributed by atoms with Crippen LogP contribution in [0.15, 0.2) is 24.3 Å². The first-order chi connectivity index (χ1) is 12.0. The van der Waals surface area contributed by atoms with Crippen molar-refractivity contribution in [3.63, 3.8) is 0 Å². The molecule has 1 aliphatic heterocycles. The van der Waals surface area contributed by atoms with Crippen molar-refractivity contribution in [1.29, 1.82) is 0 Å². The molecule has 0 N–H and O–H groups in total. The Hall–Kier alpha value is -2.37. The summed E-state index contributed by atoms with van der Waals surface area (Å²) in [5.74, 6) is 1.34. The molecule has 3 rings (SSSR count). The fourth-order valence-electron chi connectivity index (χ4n) is 3.76. The largest absolute Gasteiger partial charge is 0.351 e. The zero-order valence-corrected chi connectivity index (χ0v) is 15.2. The van der Waals surface area contributed by atoms with E-state index in [1.807, 2.05) is 0 Å². The van der Waals surface area contributed by atoms with E-state index in [4.69, 9.17) is 0 Å². The van der Waals surface area contributed by atoms with Crippen LogP contribution >= 0.6 is 0 Å². The first-order valence-electron chi connectivity index (χ1n) is 8.94. The summed E-state index contributed by atoms with van der Waals surface area (Å²) in [6.45, 7) is 5.53. The second kappa shape index (κ2) is 7.25. The van der Waals surface area contributed by atoms with Crippen LogP contribution in [0.1, 0.15) is 36.1 Å². The second-order valence-corrected chi connectivity index (χ2v) is 7.09. The molecule has 0 spiro atoms. The minimum atomic E-state index is -0.304. The number of rotatable bonds is 5. The number of anilines is 1. The van der Waals surface area contributed by atoms with Gasteiger partial charge in [-0.3, -0.25) is 10.1 Å². The first-order valence-corrected chi connectivity index (χ1v) is 8.94. The van der Waals surface area contributed by atoms with Crippen LogP contribution in [0.4, 0.5) is 11.5 Å². The van der Waals surface area contributed by atoms with Crippen molar-refractivity contribution < 1.29 is 4.92 Å². The molecule has 1 fully saturated rings. The van der Waals surface area contributed by atoms with E-state index in [1.54, 1.807) is 18.7 Å². The monoisotopic (exact) mass is 342 g/mol. The van der Waals surface area contributed by atoms with Crippen molar-refractivity contribution in [2.45, 2.75) is 39.5 Å². The van der Waals surface area contributed by atoms with Crippen LogP contribution in [-0.4, -0.2) is 27.8 Å². The lowest BCUT2D eigenvalue weighted by Gasteiger charge is -2.32. The van der Waals surface area contributed by atoms with Crippen LogP contribution in [0.5, 0.6) is 0 Å². The predicted molar refractivity (Wildman–Crippen MR) is 99.0 cm³/mol. The van der Waals surface area contributed by atoms with E-state index in [1.165, 1.54) is 17.5 Å². The number of aromatic nitrogens is 2. The Bertz CT molecular complexity index is 744. The number of nitrogens with zero attached hydrogens (tertiary/aromatic N) is 4. The van der Waals surface area contributed by atoms with E-state index in [-0.39, 0.29) is 10.6 Å². The van der Waals surface area contributed by atoms with E-state index in [0.717, 1.165) is 32.4 Å². The summed E-state index contributed by atoms with van der Waals surface area (Å²) in [4.78, 5) is 13.2. The molecule has 1 aliphatic rings. The van der Waals surface area contributed by atoms with Crippen molar-refractivity contribution in [2.75, 3.05) is 18.0 Å². The van der Waals surface area contributed by atoms with Gasteiger partial charge in [0.15, 0.2) is 0 Å². The van der Waals surface area contributed by atoms with Crippen LogP contribution < -0.4 is 4.90 Å². The molecule has 0 aliphatic carbocycles. The van der Waals surface area contributed by atoms with E-state index in [2.05, 4.69) is 41.2 Å². The maximum Gasteiger partial charge on any atom is 0.333 e. The first kappa shape index (κ1) is 17.5. The number of hydrogen-bond acceptors (Lipinski definition) is 4. The quantitative estimate of drug-likeness (QED) is 0.612. The van der Waals surface area contributed by atoms with Crippen molar-refractivity contribution >= 4 is 11.5 Å². The molecular weight excluding hydrogens is 316 g/mol. The summed E-state index contributed by atoms with van der Waals surface area (Å²) < 4.78 is 1.65. The van der Waals surface area contributed by atoms with Gasteiger partial charge in [-0.15, -0.1) is 0 Å². The molecule has 134 valence electrons. The van der Waals surface area contributed by atoms with Gasteiger partial charge in [0.2, 0.25) is 5.82 Å². The molecule has 1 aromatic heterocycles. The Morgan fingerprint density at radius 3 is 2.44 bits per heavy atom. The third-order valence-corrected chi connectivity index (χ3v) is 5.22. The van der Waals surface area contributed by atoms with Gasteiger partial charge in [-0.25, -0.2) is 4.68 Å². The molecule has 1 aromatic carbocycles. The molecule has 2 aromatic rings. The highest BCUT2D eigenvalue weighted by Crippen LogP contribution is 2.34. The van der Waals surface area contributed by atoms with Gasteiger partial charge in [-0.05, 0) is 51.0 Å². The lowest BCUT2D eigenvalue weighted by molar-refractivity contribution is -0.384. The Morgan fingerprint density at radius 2 is 1.84 bits per heavy atom. The summed E-state index contributed by atoms with van der Waals surface area (Å²) in [5.41, 5.74) is 3.33. The average molecular weight is 342 g/mol. The van der Waals surface area contributed by atoms with Crippen LogP contribution in [-0.2, 0) is 13.5 Å². The fourth-order valence-corrected chi connectivity index (χ4v) is 3.76. The summed E-state index contributed by atoms with van der Waals surface area (Å²) in [6.07, 6.45) is 4.44. The fraction of sp³-hybridized carbons (Fsp3) is 0.526. The number of nitro groups is 1. The van der Waals surface area contributed by atoms with Gasteiger partial charge in [0.1, 0.15) is 5.69 Å². The second-order valence-electron chi connectivity index (χ2n) is 7.09. The van der Waals surface area contributed by atoms with Crippen molar-refractivity contribution in [1.82, 2.24) is 9.78 Å². The molecule has 0 radical (unpaired) electrons. The molecule has 0 saturated carbocycles. The SMILES string of the molecule is Cc1ccc(CCC2CCN(c3c([N+](=O)[O-])c(C)nn3C)CC2)cc1. The number of benzene rings is 1. The van der Waals surface area contributed by atoms with Crippen molar-refractivity contribution in [3.8, 4) is 0 Å². The van der Waals surface area contributed by atoms with Crippen LogP contribution in [0.25, 0.3) is 0 Å². The standard InChI is InChI=1S/C19H26N4O2/c1-14-4-6-16(7-5-14)8-9-17-10-12-22(13-11-17)19-18(23(24)25)15(2)20-21(19)3/h4-7,17H,8-13H2,1-3H3. The lowest BCUT2D eigenvalue weighted by Crippen LogP contribution is -2.35. The molecule has 2 heterocycles. The van der Waals surface area contributed by atoms with Gasteiger partial charge >= 0.3 is 5.69 Å². The number of aryl methyl sites for hydroxylation is 4. The van der Waals surface area contributed by atoms with E-state index in [9.17, 15) is 10.1 Å². The molecule has 0 unspecified atom stereocenters. The van der Waals surface area contributed by atoms with Gasteiger partial charge in [0, 0.05) is 20.1 Å². The summed E-state index contributed by atoms with van der Waals surface area (Å²) in [7, 11) is 1.79. The Labute approximate surface area is 148 Å². The van der Waals surface area contributed by atoms with Crippen LogP contribution in [0.2, 0.25) is 0 Å². The Balaban J connectivity index is 1.59. The minimum absolute atomic E-state index is 0.153. The summed E-state index contributed by atoms with van der Waals surface area (Å²) >= 11 is 0. The molecule has 0 atom stereocenters. The highest BCUT2D eigenvalue weighted by molar-refractivity contribution is 5.61. The van der Waals surface area contributed by atoms with E-state index < -0.39 is 0 Å². The van der Waals surface area contributed by atoms with Gasteiger partial charge in [-0.1, -0.05) is 29.8 Å². The number of hydrogen-bond donors (Lipinski definition) is 0. The Morgan fingerprint density at radius 1 is 1.20 bits per heavy atom. The van der Waals surface area contributed by atoms with Crippen molar-refractivity contribution in [3.05, 3.63) is 51.2 Å². The molecular formula is C19H26N4O2. The van der Waals surface area contributed by atoms with Gasteiger partial charge < -0.3 is 4.90 Å². The molecule has 1 saturated heterocycles. The molecule has 25 heavy (non-hydrogen) atoms. The Kier molecular flexibility index (Phi) is 5.06. The third kappa shape index (κ3) is 3.83. The molecule has 0 bridgehead atoms. The number of piperidine rings is 1. The van der Waals surface area contributed by atoms with E-state index in [0.29, 0.717) is 17.4 Å². The molecule has 0 amide bonds. The maximum atomic E-state index is 11.4. The highest BCUT2D eigenvalue weighted by atomic mass is 16.6.